The number of carbonyl (C=O) groups is 1. The van der Waals surface area contributed by atoms with Gasteiger partial charge < -0.3 is 5.32 Å². The topological polar surface area (TPSA) is 110 Å². The molecule has 162 valence electrons. The maximum absolute atomic E-state index is 12.5. The van der Waals surface area contributed by atoms with Gasteiger partial charge in [-0.05, 0) is 30.3 Å². The second-order valence-corrected chi connectivity index (χ2v) is 8.98. The third-order valence-corrected chi connectivity index (χ3v) is 5.99. The molecule has 31 heavy (non-hydrogen) atoms. The van der Waals surface area contributed by atoms with Crippen molar-refractivity contribution in [2.75, 3.05) is 11.9 Å². The summed E-state index contributed by atoms with van der Waals surface area (Å²) in [5.74, 6) is -0.327. The van der Waals surface area contributed by atoms with Crippen LogP contribution in [0.1, 0.15) is 13.8 Å². The SMILES string of the molecule is CC(C)C(=O)Nc1ccc(S(=O)(=O)NCCn2nc(-c3ccccc3)ccc2=O)cc1. The van der Waals surface area contributed by atoms with Crippen molar-refractivity contribution in [3.8, 4) is 11.3 Å². The van der Waals surface area contributed by atoms with Crippen LogP contribution in [0.25, 0.3) is 11.3 Å². The van der Waals surface area contributed by atoms with Crippen LogP contribution in [0.5, 0.6) is 0 Å². The molecular weight excluding hydrogens is 416 g/mol. The number of benzene rings is 2. The molecule has 0 spiro atoms. The minimum Gasteiger partial charge on any atom is -0.326 e. The lowest BCUT2D eigenvalue weighted by molar-refractivity contribution is -0.118. The molecule has 0 unspecified atom stereocenters. The van der Waals surface area contributed by atoms with Gasteiger partial charge >= 0.3 is 0 Å². The summed E-state index contributed by atoms with van der Waals surface area (Å²) >= 11 is 0. The number of nitrogens with zero attached hydrogens (tertiary/aromatic N) is 2. The standard InChI is InChI=1S/C22H24N4O4S/c1-16(2)22(28)24-18-8-10-19(11-9-18)31(29,30)23-14-15-26-21(27)13-12-20(25-26)17-6-4-3-5-7-17/h3-13,16,23H,14-15H2,1-2H3,(H,24,28). The van der Waals surface area contributed by atoms with Crippen LogP contribution in [-0.2, 0) is 21.4 Å². The Bertz CT molecular complexity index is 1200. The molecule has 2 aromatic carbocycles. The third kappa shape index (κ3) is 5.87. The zero-order chi connectivity index (χ0) is 22.4. The molecule has 9 heteroatoms. The first-order chi connectivity index (χ1) is 14.8. The van der Waals surface area contributed by atoms with Crippen LogP contribution >= 0.6 is 0 Å². The average Bonchev–Trinajstić information content (AvgIpc) is 2.76. The monoisotopic (exact) mass is 440 g/mol. The highest BCUT2D eigenvalue weighted by Crippen LogP contribution is 2.15. The van der Waals surface area contributed by atoms with Gasteiger partial charge in [-0.2, -0.15) is 5.10 Å². The van der Waals surface area contributed by atoms with E-state index < -0.39 is 10.0 Å². The lowest BCUT2D eigenvalue weighted by atomic mass is 10.1. The Morgan fingerprint density at radius 3 is 2.32 bits per heavy atom. The van der Waals surface area contributed by atoms with Crippen LogP contribution in [-0.4, -0.2) is 30.7 Å². The third-order valence-electron chi connectivity index (χ3n) is 4.51. The van der Waals surface area contributed by atoms with Crippen molar-refractivity contribution in [2.24, 2.45) is 5.92 Å². The number of hydrogen-bond donors (Lipinski definition) is 2. The summed E-state index contributed by atoms with van der Waals surface area (Å²) in [5, 5.41) is 7.03. The molecule has 3 aromatic rings. The Morgan fingerprint density at radius 1 is 1.00 bits per heavy atom. The maximum atomic E-state index is 12.5. The molecule has 0 fully saturated rings. The van der Waals surface area contributed by atoms with Gasteiger partial charge in [-0.25, -0.2) is 17.8 Å². The summed E-state index contributed by atoms with van der Waals surface area (Å²) in [6.45, 7) is 3.63. The van der Waals surface area contributed by atoms with Crippen molar-refractivity contribution in [1.82, 2.24) is 14.5 Å². The molecule has 0 saturated heterocycles. The van der Waals surface area contributed by atoms with E-state index in [9.17, 15) is 18.0 Å². The molecule has 1 heterocycles. The van der Waals surface area contributed by atoms with Gasteiger partial charge in [0.25, 0.3) is 5.56 Å². The van der Waals surface area contributed by atoms with E-state index in [0.29, 0.717) is 11.4 Å². The van der Waals surface area contributed by atoms with E-state index in [1.165, 1.54) is 35.0 Å². The number of amides is 1. The Labute approximate surface area is 181 Å². The molecule has 1 amide bonds. The van der Waals surface area contributed by atoms with Crippen molar-refractivity contribution < 1.29 is 13.2 Å². The van der Waals surface area contributed by atoms with E-state index in [0.717, 1.165) is 5.56 Å². The lowest BCUT2D eigenvalue weighted by Crippen LogP contribution is -2.32. The van der Waals surface area contributed by atoms with E-state index in [1.807, 2.05) is 30.3 Å². The summed E-state index contributed by atoms with van der Waals surface area (Å²) in [5.41, 5.74) is 1.69. The van der Waals surface area contributed by atoms with Gasteiger partial charge in [-0.15, -0.1) is 0 Å². The van der Waals surface area contributed by atoms with Gasteiger partial charge in [0.1, 0.15) is 0 Å². The summed E-state index contributed by atoms with van der Waals surface area (Å²) in [7, 11) is -3.77. The second kappa shape index (κ2) is 9.67. The van der Waals surface area contributed by atoms with E-state index in [-0.39, 0.29) is 35.4 Å². The average molecular weight is 441 g/mol. The van der Waals surface area contributed by atoms with Crippen molar-refractivity contribution >= 4 is 21.6 Å². The van der Waals surface area contributed by atoms with Gasteiger partial charge in [-0.1, -0.05) is 44.2 Å². The van der Waals surface area contributed by atoms with Crippen molar-refractivity contribution in [3.05, 3.63) is 77.1 Å². The Hall–Kier alpha value is -3.30. The minimum atomic E-state index is -3.77. The van der Waals surface area contributed by atoms with Gasteiger partial charge in [0, 0.05) is 29.8 Å². The lowest BCUT2D eigenvalue weighted by Gasteiger charge is -2.11. The molecule has 0 aliphatic heterocycles. The van der Waals surface area contributed by atoms with Gasteiger partial charge in [0.2, 0.25) is 15.9 Å². The zero-order valence-electron chi connectivity index (χ0n) is 17.3. The number of anilines is 1. The van der Waals surface area contributed by atoms with Gasteiger partial charge in [-0.3, -0.25) is 9.59 Å². The van der Waals surface area contributed by atoms with Crippen molar-refractivity contribution in [3.63, 3.8) is 0 Å². The van der Waals surface area contributed by atoms with E-state index in [1.54, 1.807) is 19.9 Å². The smallest absolute Gasteiger partial charge is 0.266 e. The predicted molar refractivity (Wildman–Crippen MR) is 119 cm³/mol. The second-order valence-electron chi connectivity index (χ2n) is 7.21. The number of aromatic nitrogens is 2. The molecule has 8 nitrogen and oxygen atoms in total. The summed E-state index contributed by atoms with van der Waals surface area (Å²) in [6.07, 6.45) is 0. The maximum Gasteiger partial charge on any atom is 0.266 e. The predicted octanol–water partition coefficient (Wildman–Crippen LogP) is 2.48. The molecule has 0 aliphatic rings. The number of rotatable bonds is 8. The molecule has 0 bridgehead atoms. The van der Waals surface area contributed by atoms with Gasteiger partial charge in [0.05, 0.1) is 17.1 Å². The van der Waals surface area contributed by atoms with Crippen LogP contribution in [0.15, 0.2) is 76.4 Å². The highest BCUT2D eigenvalue weighted by atomic mass is 32.2. The molecule has 0 atom stereocenters. The van der Waals surface area contributed by atoms with Gasteiger partial charge in [0.15, 0.2) is 0 Å². The minimum absolute atomic E-state index is 0.000675. The molecule has 3 rings (SSSR count). The zero-order valence-corrected chi connectivity index (χ0v) is 18.1. The summed E-state index contributed by atoms with van der Waals surface area (Å²) in [6, 6.07) is 18.3. The highest BCUT2D eigenvalue weighted by molar-refractivity contribution is 7.89. The summed E-state index contributed by atoms with van der Waals surface area (Å²) < 4.78 is 28.8. The fourth-order valence-corrected chi connectivity index (χ4v) is 3.77. The van der Waals surface area contributed by atoms with Crippen LogP contribution in [0, 0.1) is 5.92 Å². The first kappa shape index (κ1) is 22.4. The molecule has 2 N–H and O–H groups in total. The van der Waals surface area contributed by atoms with Crippen molar-refractivity contribution in [2.45, 2.75) is 25.3 Å². The first-order valence-electron chi connectivity index (χ1n) is 9.80. The van der Waals surface area contributed by atoms with Crippen LogP contribution in [0.2, 0.25) is 0 Å². The highest BCUT2D eigenvalue weighted by Gasteiger charge is 2.14. The fourth-order valence-electron chi connectivity index (χ4n) is 2.75. The molecule has 1 aromatic heterocycles. The fraction of sp³-hybridized carbons (Fsp3) is 0.227. The van der Waals surface area contributed by atoms with E-state index in [2.05, 4.69) is 15.1 Å². The Morgan fingerprint density at radius 2 is 1.68 bits per heavy atom. The number of sulfonamides is 1. The molecule has 0 saturated carbocycles. The van der Waals surface area contributed by atoms with E-state index >= 15 is 0 Å². The first-order valence-corrected chi connectivity index (χ1v) is 11.3. The largest absolute Gasteiger partial charge is 0.326 e. The Kier molecular flexibility index (Phi) is 6.98. The van der Waals surface area contributed by atoms with Crippen LogP contribution in [0.4, 0.5) is 5.69 Å². The normalized spacial score (nSPS) is 11.5. The van der Waals surface area contributed by atoms with Crippen LogP contribution in [0.3, 0.4) is 0 Å². The molecule has 0 aliphatic carbocycles. The summed E-state index contributed by atoms with van der Waals surface area (Å²) in [4.78, 5) is 23.9. The van der Waals surface area contributed by atoms with Crippen molar-refractivity contribution in [1.29, 1.82) is 0 Å². The Balaban J connectivity index is 1.65. The number of carbonyl (C=O) groups excluding carboxylic acids is 1. The number of nitrogens with one attached hydrogen (secondary N) is 2. The van der Waals surface area contributed by atoms with Crippen LogP contribution < -0.4 is 15.6 Å². The van der Waals surface area contributed by atoms with E-state index in [4.69, 9.17) is 0 Å². The molecular formula is C22H24N4O4S. The number of hydrogen-bond acceptors (Lipinski definition) is 5. The quantitative estimate of drug-likeness (QED) is 0.559. The molecule has 0 radical (unpaired) electrons.